The Morgan fingerprint density at radius 2 is 0.821 bits per heavy atom. The Kier molecular flexibility index (Phi) is 54.5. The lowest BCUT2D eigenvalue weighted by molar-refractivity contribution is -0.870. The van der Waals surface area contributed by atoms with Crippen LogP contribution < -0.4 is 5.32 Å². The molecule has 0 aromatic heterocycles. The van der Waals surface area contributed by atoms with Crippen LogP contribution in [0, 0.1) is 0 Å². The maximum Gasteiger partial charge on any atom is 0.472 e. The molecule has 10 heteroatoms. The number of carbonyl (C=O) groups is 2. The number of hydrogen-bond donors (Lipinski definition) is 2. The van der Waals surface area contributed by atoms with E-state index in [0.717, 1.165) is 116 Å². The van der Waals surface area contributed by atoms with Gasteiger partial charge in [0.05, 0.1) is 33.8 Å². The van der Waals surface area contributed by atoms with Crippen LogP contribution in [-0.4, -0.2) is 74.3 Å². The van der Waals surface area contributed by atoms with Crippen LogP contribution in [0.3, 0.4) is 0 Å². The van der Waals surface area contributed by atoms with Gasteiger partial charge in [-0.1, -0.05) is 240 Å². The summed E-state index contributed by atoms with van der Waals surface area (Å²) in [4.78, 5) is 37.7. The zero-order valence-corrected chi connectivity index (χ0v) is 52.0. The number of rotatable bonds is 56. The number of esters is 1. The highest BCUT2D eigenvalue weighted by Crippen LogP contribution is 2.43. The molecule has 0 aliphatic rings. The van der Waals surface area contributed by atoms with E-state index in [0.29, 0.717) is 23.9 Å². The molecule has 9 nitrogen and oxygen atoms in total. The molecule has 0 rings (SSSR count). The van der Waals surface area contributed by atoms with E-state index in [1.54, 1.807) is 0 Å². The lowest BCUT2D eigenvalue weighted by atomic mass is 10.0. The highest BCUT2D eigenvalue weighted by molar-refractivity contribution is 7.47. The molecular weight excluding hydrogens is 988 g/mol. The van der Waals surface area contributed by atoms with Crippen LogP contribution in [0.25, 0.3) is 0 Å². The van der Waals surface area contributed by atoms with Crippen molar-refractivity contribution in [1.82, 2.24) is 5.32 Å². The first-order chi connectivity index (χ1) is 37.9. The number of carbonyl (C=O) groups excluding carboxylic acids is 2. The van der Waals surface area contributed by atoms with Gasteiger partial charge in [0.2, 0.25) is 5.91 Å². The molecule has 0 heterocycles. The zero-order chi connectivity index (χ0) is 57.2. The molecule has 2 N–H and O–H groups in total. The molecule has 0 aromatic carbocycles. The lowest BCUT2D eigenvalue weighted by Gasteiger charge is -2.27. The number of likely N-dealkylation sites (N-methyl/N-ethyl adjacent to an activating group) is 1. The lowest BCUT2D eigenvalue weighted by Crippen LogP contribution is -2.47. The second kappa shape index (κ2) is 56.9. The Bertz CT molecular complexity index is 1700. The zero-order valence-electron chi connectivity index (χ0n) is 51.1. The van der Waals surface area contributed by atoms with Crippen molar-refractivity contribution in [2.75, 3.05) is 40.9 Å². The normalized spacial score (nSPS) is 14.4. The number of ether oxygens (including phenoxy) is 1. The van der Waals surface area contributed by atoms with Gasteiger partial charge >= 0.3 is 13.8 Å². The summed E-state index contributed by atoms with van der Waals surface area (Å²) in [6.45, 7) is 6.84. The van der Waals surface area contributed by atoms with Crippen molar-refractivity contribution in [2.24, 2.45) is 0 Å². The molecule has 448 valence electrons. The van der Waals surface area contributed by atoms with Crippen molar-refractivity contribution in [2.45, 2.75) is 270 Å². The van der Waals surface area contributed by atoms with E-state index in [4.69, 9.17) is 13.8 Å². The second-order valence-corrected chi connectivity index (χ2v) is 23.6. The number of quaternary nitrogens is 1. The predicted molar refractivity (Wildman–Crippen MR) is 337 cm³/mol. The van der Waals surface area contributed by atoms with Gasteiger partial charge in [0.1, 0.15) is 19.3 Å². The fourth-order valence-corrected chi connectivity index (χ4v) is 9.30. The van der Waals surface area contributed by atoms with Gasteiger partial charge in [0.25, 0.3) is 0 Å². The molecule has 0 radical (unpaired) electrons. The fourth-order valence-electron chi connectivity index (χ4n) is 8.56. The van der Waals surface area contributed by atoms with E-state index in [9.17, 15) is 19.0 Å². The van der Waals surface area contributed by atoms with Gasteiger partial charge in [-0.15, -0.1) is 0 Å². The summed E-state index contributed by atoms with van der Waals surface area (Å²) in [7, 11) is 1.46. The molecule has 0 aromatic rings. The van der Waals surface area contributed by atoms with Crippen molar-refractivity contribution in [3.8, 4) is 0 Å². The molecule has 0 spiro atoms. The number of phosphoric acid groups is 1. The first-order valence-electron chi connectivity index (χ1n) is 31.7. The summed E-state index contributed by atoms with van der Waals surface area (Å²) in [6.07, 6.45) is 78.0. The van der Waals surface area contributed by atoms with Crippen LogP contribution in [0.1, 0.15) is 258 Å². The molecule has 3 unspecified atom stereocenters. The van der Waals surface area contributed by atoms with Gasteiger partial charge in [-0.3, -0.25) is 18.6 Å². The summed E-state index contributed by atoms with van der Waals surface area (Å²) in [5.41, 5.74) is 0. The number of allylic oxidation sites excluding steroid dienone is 17. The number of nitrogens with one attached hydrogen (secondary N) is 1. The number of unbranched alkanes of at least 4 members (excludes halogenated alkanes) is 24. The highest BCUT2D eigenvalue weighted by atomic mass is 31.2. The maximum atomic E-state index is 13.6. The quantitative estimate of drug-likeness (QED) is 0.0205. The predicted octanol–water partition coefficient (Wildman–Crippen LogP) is 19.7. The number of amides is 1. The van der Waals surface area contributed by atoms with Crippen molar-refractivity contribution in [3.05, 3.63) is 109 Å². The van der Waals surface area contributed by atoms with E-state index >= 15 is 0 Å². The smallest absolute Gasteiger partial charge is 0.456 e. The minimum atomic E-state index is -4.47. The van der Waals surface area contributed by atoms with Gasteiger partial charge in [0, 0.05) is 12.8 Å². The molecule has 3 atom stereocenters. The first kappa shape index (κ1) is 74.7. The maximum absolute atomic E-state index is 13.6. The van der Waals surface area contributed by atoms with Crippen LogP contribution in [0.5, 0.6) is 0 Å². The van der Waals surface area contributed by atoms with Crippen LogP contribution >= 0.6 is 7.82 Å². The minimum Gasteiger partial charge on any atom is -0.456 e. The highest BCUT2D eigenvalue weighted by Gasteiger charge is 2.30. The van der Waals surface area contributed by atoms with E-state index in [2.05, 4.69) is 123 Å². The van der Waals surface area contributed by atoms with Crippen LogP contribution in [-0.2, 0) is 27.9 Å². The molecule has 0 saturated carbocycles. The number of phosphoric ester groups is 1. The SMILES string of the molecule is CC/C=C\C/C=C\C/C=C\C/C=C\C/C=C\CCCCCC(=O)OC(/C=C/CCCCCCCCCCCC)C(COP(=O)(O)OCC[N+](C)(C)C)NC(=O)CCCCCCCCCC/C=C\C/C=C\C/C=C\CCCCC. The Morgan fingerprint density at radius 1 is 0.462 bits per heavy atom. The largest absolute Gasteiger partial charge is 0.472 e. The van der Waals surface area contributed by atoms with Crippen molar-refractivity contribution in [1.29, 1.82) is 0 Å². The second-order valence-electron chi connectivity index (χ2n) is 22.2. The molecule has 0 fully saturated rings. The fraction of sp³-hybridized carbons (Fsp3) is 0.706. The molecule has 0 bridgehead atoms. The van der Waals surface area contributed by atoms with Gasteiger partial charge in [-0.2, -0.15) is 0 Å². The van der Waals surface area contributed by atoms with Crippen LogP contribution in [0.15, 0.2) is 109 Å². The topological polar surface area (TPSA) is 111 Å². The van der Waals surface area contributed by atoms with Gasteiger partial charge in [0.15, 0.2) is 0 Å². The van der Waals surface area contributed by atoms with Crippen LogP contribution in [0.4, 0.5) is 0 Å². The summed E-state index contributed by atoms with van der Waals surface area (Å²) >= 11 is 0. The number of hydrogen-bond acceptors (Lipinski definition) is 6. The van der Waals surface area contributed by atoms with Crippen molar-refractivity contribution >= 4 is 19.7 Å². The monoisotopic (exact) mass is 1110 g/mol. The first-order valence-corrected chi connectivity index (χ1v) is 33.2. The summed E-state index contributed by atoms with van der Waals surface area (Å²) in [5, 5.41) is 3.05. The minimum absolute atomic E-state index is 0.0276. The average molecular weight is 1110 g/mol. The summed E-state index contributed by atoms with van der Waals surface area (Å²) in [5.74, 6) is -0.555. The van der Waals surface area contributed by atoms with Gasteiger partial charge in [-0.25, -0.2) is 4.57 Å². The molecule has 1 amide bonds. The third-order valence-electron chi connectivity index (χ3n) is 13.4. The Hall–Kier alpha value is -3.33. The molecular formula is C68H120N2O7P+. The number of nitrogens with zero attached hydrogens (tertiary/aromatic N) is 1. The van der Waals surface area contributed by atoms with Crippen molar-refractivity contribution in [3.63, 3.8) is 0 Å². The molecule has 0 saturated heterocycles. The Labute approximate surface area is 481 Å². The van der Waals surface area contributed by atoms with E-state index < -0.39 is 20.0 Å². The van der Waals surface area contributed by atoms with E-state index in [1.165, 1.54) is 103 Å². The Morgan fingerprint density at radius 3 is 1.27 bits per heavy atom. The molecule has 0 aliphatic heterocycles. The van der Waals surface area contributed by atoms with Gasteiger partial charge < -0.3 is 19.4 Å². The summed E-state index contributed by atoms with van der Waals surface area (Å²) in [6, 6.07) is -0.873. The van der Waals surface area contributed by atoms with Gasteiger partial charge in [-0.05, 0) is 115 Å². The van der Waals surface area contributed by atoms with Crippen LogP contribution in [0.2, 0.25) is 0 Å². The van der Waals surface area contributed by atoms with E-state index in [1.807, 2.05) is 33.3 Å². The average Bonchev–Trinajstić information content (AvgIpc) is 3.40. The molecule has 0 aliphatic carbocycles. The van der Waals surface area contributed by atoms with E-state index in [-0.39, 0.29) is 31.5 Å². The standard InChI is InChI=1S/C68H119N2O7P/c1-7-10-13-16-19-22-25-28-30-32-34-35-37-38-40-42-45-48-51-54-57-60-67(71)69-65(64-76-78(73,74)75-63-62-70(4,5)6)66(59-56-53-50-47-44-27-24-21-18-15-12-9-3)77-68(72)61-58-55-52-49-46-43-41-39-36-33-31-29-26-23-20-17-14-11-8-2/h11,14,19-20,22-23,28-31,34-36,39,43,46,56,59,65-66H,7-10,12-13,15-18,21,24-27,32-33,37-38,40-42,44-45,47-55,57-58,60-64H2,1-6H3,(H-,69,71,73,74)/p+1/b14-11-,22-19-,23-20-,30-28-,31-29-,35-34-,39-36-,46-43-,59-56+. The third-order valence-corrected chi connectivity index (χ3v) is 14.4. The summed E-state index contributed by atoms with van der Waals surface area (Å²) < 4.78 is 30.7. The third kappa shape index (κ3) is 57.4. The molecule has 78 heavy (non-hydrogen) atoms. The van der Waals surface area contributed by atoms with Crippen molar-refractivity contribution < 1.29 is 37.3 Å². The Balaban J connectivity index is 5.31.